The van der Waals surface area contributed by atoms with E-state index in [-0.39, 0.29) is 30.0 Å². The molecule has 2 aliphatic heterocycles. The highest BCUT2D eigenvalue weighted by molar-refractivity contribution is 7.89. The van der Waals surface area contributed by atoms with Gasteiger partial charge in [0.15, 0.2) is 11.5 Å². The Bertz CT molecular complexity index is 1090. The number of benzene rings is 1. The lowest BCUT2D eigenvalue weighted by Gasteiger charge is -2.34. The Labute approximate surface area is 200 Å². The maximum absolute atomic E-state index is 13.7. The zero-order chi connectivity index (χ0) is 23.5. The molecule has 1 amide bonds. The first-order valence-electron chi connectivity index (χ1n) is 12.3. The van der Waals surface area contributed by atoms with Gasteiger partial charge in [0.2, 0.25) is 16.1 Å². The first kappa shape index (κ1) is 23.2. The van der Waals surface area contributed by atoms with E-state index in [4.69, 9.17) is 13.9 Å². The summed E-state index contributed by atoms with van der Waals surface area (Å²) >= 11 is 0. The van der Waals surface area contributed by atoms with Crippen LogP contribution in [0.5, 0.6) is 11.5 Å². The first-order valence-corrected chi connectivity index (χ1v) is 13.7. The van der Waals surface area contributed by atoms with E-state index >= 15 is 0 Å². The molecule has 5 rings (SSSR count). The van der Waals surface area contributed by atoms with Crippen molar-refractivity contribution < 1.29 is 27.1 Å². The summed E-state index contributed by atoms with van der Waals surface area (Å²) in [5.41, 5.74) is 0. The van der Waals surface area contributed by atoms with E-state index in [9.17, 15) is 13.2 Å². The van der Waals surface area contributed by atoms with E-state index in [1.165, 1.54) is 6.07 Å². The van der Waals surface area contributed by atoms with Crippen LogP contribution in [0.3, 0.4) is 0 Å². The normalized spacial score (nSPS) is 21.6. The molecule has 0 radical (unpaired) electrons. The number of hydrogen-bond acceptors (Lipinski definition) is 6. The minimum absolute atomic E-state index is 0.0658. The second-order valence-electron chi connectivity index (χ2n) is 9.33. The molecule has 184 valence electrons. The molecule has 3 heterocycles. The number of carbonyl (C=O) groups is 1. The average molecular weight is 489 g/mol. The Morgan fingerprint density at radius 1 is 1.00 bits per heavy atom. The fourth-order valence-corrected chi connectivity index (χ4v) is 6.79. The Kier molecular flexibility index (Phi) is 6.83. The van der Waals surface area contributed by atoms with Gasteiger partial charge < -0.3 is 18.8 Å². The predicted octanol–water partition coefficient (Wildman–Crippen LogP) is 3.96. The second kappa shape index (κ2) is 10.00. The number of likely N-dealkylation sites (tertiary alicyclic amines) is 1. The molecule has 2 aromatic rings. The van der Waals surface area contributed by atoms with E-state index in [0.717, 1.165) is 64.5 Å². The number of rotatable bonds is 6. The SMILES string of the molecule is O=C(C1COc2cc(S(=O)(=O)N(Cc3ccco3)C3CCCCC3)ccc2O1)N1CCCCC1. The number of piperidine rings is 1. The molecular formula is C25H32N2O6S. The number of nitrogens with zero attached hydrogens (tertiary/aromatic N) is 2. The summed E-state index contributed by atoms with van der Waals surface area (Å²) in [6.07, 6.45) is 8.86. The molecule has 0 N–H and O–H groups in total. The number of amides is 1. The molecule has 9 heteroatoms. The van der Waals surface area contributed by atoms with Crippen molar-refractivity contribution in [3.63, 3.8) is 0 Å². The molecule has 1 atom stereocenters. The van der Waals surface area contributed by atoms with Crippen LogP contribution in [-0.4, -0.2) is 55.4 Å². The Morgan fingerprint density at radius 2 is 1.76 bits per heavy atom. The lowest BCUT2D eigenvalue weighted by molar-refractivity contribution is -0.142. The molecule has 1 saturated carbocycles. The summed E-state index contributed by atoms with van der Waals surface area (Å²) in [6, 6.07) is 8.17. The van der Waals surface area contributed by atoms with Gasteiger partial charge in [-0.25, -0.2) is 8.42 Å². The van der Waals surface area contributed by atoms with Crippen LogP contribution in [0, 0.1) is 0 Å². The predicted molar refractivity (Wildman–Crippen MR) is 125 cm³/mol. The molecule has 8 nitrogen and oxygen atoms in total. The van der Waals surface area contributed by atoms with Crippen LogP contribution in [0.15, 0.2) is 45.9 Å². The minimum Gasteiger partial charge on any atom is -0.485 e. The average Bonchev–Trinajstić information content (AvgIpc) is 3.40. The van der Waals surface area contributed by atoms with Gasteiger partial charge in [-0.05, 0) is 56.4 Å². The lowest BCUT2D eigenvalue weighted by atomic mass is 9.95. The van der Waals surface area contributed by atoms with Crippen LogP contribution in [0.1, 0.15) is 57.1 Å². The molecule has 1 unspecified atom stereocenters. The van der Waals surface area contributed by atoms with Gasteiger partial charge in [-0.3, -0.25) is 4.79 Å². The summed E-state index contributed by atoms with van der Waals surface area (Å²) in [7, 11) is -3.79. The summed E-state index contributed by atoms with van der Waals surface area (Å²) in [5.74, 6) is 1.30. The monoisotopic (exact) mass is 488 g/mol. The molecule has 0 bridgehead atoms. The van der Waals surface area contributed by atoms with Gasteiger partial charge in [0.1, 0.15) is 12.4 Å². The van der Waals surface area contributed by atoms with E-state index in [1.54, 1.807) is 34.8 Å². The number of ether oxygens (including phenoxy) is 2. The van der Waals surface area contributed by atoms with Gasteiger partial charge in [0.05, 0.1) is 17.7 Å². The molecule has 1 aliphatic carbocycles. The molecular weight excluding hydrogens is 456 g/mol. The van der Waals surface area contributed by atoms with Crippen LogP contribution >= 0.6 is 0 Å². The molecule has 0 spiro atoms. The van der Waals surface area contributed by atoms with Crippen molar-refractivity contribution in [1.82, 2.24) is 9.21 Å². The molecule has 34 heavy (non-hydrogen) atoms. The van der Waals surface area contributed by atoms with Gasteiger partial charge >= 0.3 is 0 Å². The third-order valence-electron chi connectivity index (χ3n) is 7.00. The quantitative estimate of drug-likeness (QED) is 0.612. The van der Waals surface area contributed by atoms with Crippen molar-refractivity contribution in [2.45, 2.75) is 75.0 Å². The zero-order valence-corrected chi connectivity index (χ0v) is 20.2. The highest BCUT2D eigenvalue weighted by Gasteiger charge is 2.36. The lowest BCUT2D eigenvalue weighted by Crippen LogP contribution is -2.48. The second-order valence-corrected chi connectivity index (χ2v) is 11.2. The minimum atomic E-state index is -3.79. The van der Waals surface area contributed by atoms with Crippen LogP contribution in [0.2, 0.25) is 0 Å². The third-order valence-corrected chi connectivity index (χ3v) is 8.89. The summed E-state index contributed by atoms with van der Waals surface area (Å²) < 4.78 is 46.3. The van der Waals surface area contributed by atoms with E-state index < -0.39 is 16.1 Å². The zero-order valence-electron chi connectivity index (χ0n) is 19.4. The van der Waals surface area contributed by atoms with Crippen molar-refractivity contribution in [2.24, 2.45) is 0 Å². The van der Waals surface area contributed by atoms with Crippen molar-refractivity contribution >= 4 is 15.9 Å². The number of sulfonamides is 1. The van der Waals surface area contributed by atoms with Gasteiger partial charge in [-0.2, -0.15) is 4.31 Å². The smallest absolute Gasteiger partial charge is 0.267 e. The highest BCUT2D eigenvalue weighted by atomic mass is 32.2. The topological polar surface area (TPSA) is 89.3 Å². The van der Waals surface area contributed by atoms with Gasteiger partial charge in [0, 0.05) is 25.2 Å². The molecule has 1 aromatic carbocycles. The van der Waals surface area contributed by atoms with Crippen LogP contribution in [0.25, 0.3) is 0 Å². The van der Waals surface area contributed by atoms with E-state index in [0.29, 0.717) is 17.3 Å². The summed E-state index contributed by atoms with van der Waals surface area (Å²) in [6.45, 7) is 1.76. The molecule has 2 fully saturated rings. The van der Waals surface area contributed by atoms with Gasteiger partial charge in [-0.1, -0.05) is 19.3 Å². The summed E-state index contributed by atoms with van der Waals surface area (Å²) in [4.78, 5) is 14.8. The number of fused-ring (bicyclic) bond motifs is 1. The fourth-order valence-electron chi connectivity index (χ4n) is 5.12. The molecule has 3 aliphatic rings. The van der Waals surface area contributed by atoms with Crippen molar-refractivity contribution in [3.05, 3.63) is 42.4 Å². The standard InChI is InChI=1S/C25H32N2O6S/c28-25(26-13-5-2-6-14-26)24-18-32-23-16-21(11-12-22(23)33-24)34(29,30)27(17-20-10-7-15-31-20)19-8-3-1-4-9-19/h7,10-12,15-16,19,24H,1-6,8-9,13-14,17-18H2. The van der Waals surface area contributed by atoms with Crippen LogP contribution in [-0.2, 0) is 21.4 Å². The Morgan fingerprint density at radius 3 is 2.50 bits per heavy atom. The Hall–Kier alpha value is -2.52. The van der Waals surface area contributed by atoms with Crippen molar-refractivity contribution in [2.75, 3.05) is 19.7 Å². The number of hydrogen-bond donors (Lipinski definition) is 0. The van der Waals surface area contributed by atoms with Crippen molar-refractivity contribution in [3.8, 4) is 11.5 Å². The van der Waals surface area contributed by atoms with Crippen molar-refractivity contribution in [1.29, 1.82) is 0 Å². The van der Waals surface area contributed by atoms with E-state index in [2.05, 4.69) is 0 Å². The number of furan rings is 1. The maximum Gasteiger partial charge on any atom is 0.267 e. The maximum atomic E-state index is 13.7. The molecule has 1 aromatic heterocycles. The van der Waals surface area contributed by atoms with Crippen LogP contribution < -0.4 is 9.47 Å². The van der Waals surface area contributed by atoms with E-state index in [1.807, 2.05) is 4.90 Å². The van der Waals surface area contributed by atoms with Gasteiger partial charge in [0.25, 0.3) is 5.91 Å². The molecule has 1 saturated heterocycles. The van der Waals surface area contributed by atoms with Gasteiger partial charge in [-0.15, -0.1) is 0 Å². The fraction of sp³-hybridized carbons (Fsp3) is 0.560. The number of carbonyl (C=O) groups excluding carboxylic acids is 1. The largest absolute Gasteiger partial charge is 0.485 e. The first-order chi connectivity index (χ1) is 16.5. The summed E-state index contributed by atoms with van der Waals surface area (Å²) in [5, 5.41) is 0. The van der Waals surface area contributed by atoms with Crippen LogP contribution in [0.4, 0.5) is 0 Å². The third kappa shape index (κ3) is 4.81. The highest BCUT2D eigenvalue weighted by Crippen LogP contribution is 2.37. The Balaban J connectivity index is 1.36.